The minimum Gasteiger partial charge on any atom is -0.334 e. The van der Waals surface area contributed by atoms with Crippen LogP contribution in [0.1, 0.15) is 30.9 Å². The molecular formula is C18H21FN2O. The zero-order valence-electron chi connectivity index (χ0n) is 12.7. The summed E-state index contributed by atoms with van der Waals surface area (Å²) in [6.07, 6.45) is 3.39. The molecule has 2 amide bonds. The van der Waals surface area contributed by atoms with E-state index in [4.69, 9.17) is 0 Å². The lowest BCUT2D eigenvalue weighted by molar-refractivity contribution is 0.251. The monoisotopic (exact) mass is 300 g/mol. The highest BCUT2D eigenvalue weighted by atomic mass is 19.1. The van der Waals surface area contributed by atoms with E-state index in [2.05, 4.69) is 17.6 Å². The highest BCUT2D eigenvalue weighted by Gasteiger charge is 2.02. The van der Waals surface area contributed by atoms with Crippen LogP contribution in [0.5, 0.6) is 0 Å². The minimum atomic E-state index is -0.303. The Kier molecular flexibility index (Phi) is 5.95. The maximum atomic E-state index is 13.0. The maximum Gasteiger partial charge on any atom is 0.319 e. The Bertz CT molecular complexity index is 611. The lowest BCUT2D eigenvalue weighted by Gasteiger charge is -2.08. The summed E-state index contributed by atoms with van der Waals surface area (Å²) in [4.78, 5) is 11.8. The molecule has 0 bridgehead atoms. The minimum absolute atomic E-state index is 0.290. The van der Waals surface area contributed by atoms with Gasteiger partial charge in [0.2, 0.25) is 0 Å². The number of urea groups is 1. The Hall–Kier alpha value is -2.36. The van der Waals surface area contributed by atoms with Gasteiger partial charge in [0.15, 0.2) is 0 Å². The average Bonchev–Trinajstić information content (AvgIpc) is 2.52. The number of unbranched alkanes of at least 4 members (excludes halogenated alkanes) is 1. The molecule has 0 saturated carbocycles. The summed E-state index contributed by atoms with van der Waals surface area (Å²) in [6.45, 7) is 2.46. The third-order valence-electron chi connectivity index (χ3n) is 3.37. The third kappa shape index (κ3) is 5.20. The van der Waals surface area contributed by atoms with Crippen molar-refractivity contribution in [2.75, 3.05) is 5.32 Å². The van der Waals surface area contributed by atoms with E-state index in [9.17, 15) is 9.18 Å². The van der Waals surface area contributed by atoms with E-state index in [0.717, 1.165) is 17.7 Å². The number of carbonyl (C=O) groups is 1. The molecular weight excluding hydrogens is 279 g/mol. The van der Waals surface area contributed by atoms with Gasteiger partial charge in [-0.2, -0.15) is 0 Å². The van der Waals surface area contributed by atoms with Gasteiger partial charge in [-0.25, -0.2) is 9.18 Å². The molecule has 2 N–H and O–H groups in total. The van der Waals surface area contributed by atoms with Gasteiger partial charge in [0, 0.05) is 12.2 Å². The first kappa shape index (κ1) is 16.0. The molecule has 0 fully saturated rings. The number of aryl methyl sites for hydroxylation is 1. The number of hydrogen-bond donors (Lipinski definition) is 2. The van der Waals surface area contributed by atoms with Crippen LogP contribution in [0.4, 0.5) is 14.9 Å². The fourth-order valence-electron chi connectivity index (χ4n) is 2.14. The van der Waals surface area contributed by atoms with Gasteiger partial charge in [-0.1, -0.05) is 37.6 Å². The van der Waals surface area contributed by atoms with Crippen molar-refractivity contribution < 1.29 is 9.18 Å². The van der Waals surface area contributed by atoms with Gasteiger partial charge in [-0.3, -0.25) is 0 Å². The van der Waals surface area contributed by atoms with Crippen LogP contribution in [0.3, 0.4) is 0 Å². The Morgan fingerprint density at radius 3 is 2.55 bits per heavy atom. The normalized spacial score (nSPS) is 10.3. The van der Waals surface area contributed by atoms with Crippen molar-refractivity contribution in [3.8, 4) is 0 Å². The highest BCUT2D eigenvalue weighted by Crippen LogP contribution is 2.11. The second kappa shape index (κ2) is 8.17. The lowest BCUT2D eigenvalue weighted by atomic mass is 10.1. The van der Waals surface area contributed by atoms with Crippen molar-refractivity contribution >= 4 is 11.7 Å². The molecule has 22 heavy (non-hydrogen) atoms. The average molecular weight is 300 g/mol. The molecule has 2 rings (SSSR count). The van der Waals surface area contributed by atoms with Gasteiger partial charge in [-0.15, -0.1) is 0 Å². The Balaban J connectivity index is 1.81. The summed E-state index contributed by atoms with van der Waals surface area (Å²) in [7, 11) is 0. The number of benzene rings is 2. The van der Waals surface area contributed by atoms with Crippen LogP contribution in [0, 0.1) is 5.82 Å². The Morgan fingerprint density at radius 1 is 1.09 bits per heavy atom. The largest absolute Gasteiger partial charge is 0.334 e. The van der Waals surface area contributed by atoms with Gasteiger partial charge in [0.25, 0.3) is 0 Å². The topological polar surface area (TPSA) is 41.1 Å². The van der Waals surface area contributed by atoms with Gasteiger partial charge in [-0.05, 0) is 48.2 Å². The zero-order valence-corrected chi connectivity index (χ0v) is 12.7. The number of carbonyl (C=O) groups excluding carboxylic acids is 1. The molecule has 0 aliphatic rings. The van der Waals surface area contributed by atoms with Crippen molar-refractivity contribution in [2.45, 2.75) is 32.7 Å². The Labute approximate surface area is 130 Å². The zero-order chi connectivity index (χ0) is 15.8. The van der Waals surface area contributed by atoms with E-state index in [-0.39, 0.29) is 18.4 Å². The molecule has 0 atom stereocenters. The van der Waals surface area contributed by atoms with E-state index in [1.54, 1.807) is 12.1 Å². The van der Waals surface area contributed by atoms with Crippen LogP contribution in [0.15, 0.2) is 48.5 Å². The van der Waals surface area contributed by atoms with Gasteiger partial charge < -0.3 is 10.6 Å². The molecule has 0 aliphatic heterocycles. The molecule has 0 aliphatic carbocycles. The van der Waals surface area contributed by atoms with Crippen molar-refractivity contribution in [3.05, 3.63) is 65.5 Å². The summed E-state index contributed by atoms with van der Waals surface area (Å²) in [5.41, 5.74) is 2.75. The van der Waals surface area contributed by atoms with Crippen molar-refractivity contribution in [2.24, 2.45) is 0 Å². The summed E-state index contributed by atoms with van der Waals surface area (Å²) >= 11 is 0. The first-order valence-corrected chi connectivity index (χ1v) is 7.55. The quantitative estimate of drug-likeness (QED) is 0.811. The van der Waals surface area contributed by atoms with Crippen LogP contribution in [0.25, 0.3) is 0 Å². The fraction of sp³-hybridized carbons (Fsp3) is 0.278. The molecule has 116 valence electrons. The van der Waals surface area contributed by atoms with E-state index < -0.39 is 0 Å². The van der Waals surface area contributed by atoms with Gasteiger partial charge in [0.1, 0.15) is 5.82 Å². The fourth-order valence-corrected chi connectivity index (χ4v) is 2.14. The number of rotatable bonds is 6. The van der Waals surface area contributed by atoms with Crippen LogP contribution in [-0.2, 0) is 13.0 Å². The summed E-state index contributed by atoms with van der Waals surface area (Å²) < 4.78 is 13.0. The Morgan fingerprint density at radius 2 is 1.86 bits per heavy atom. The maximum absolute atomic E-state index is 13.0. The predicted octanol–water partition coefficient (Wildman–Crippen LogP) is 4.49. The molecule has 3 nitrogen and oxygen atoms in total. The standard InChI is InChI=1S/C18H21FN2O/c1-2-3-5-14-8-10-17(11-9-14)21-18(22)20-13-15-6-4-7-16(19)12-15/h4,6-12H,2-3,5,13H2,1H3,(H2,20,21,22). The SMILES string of the molecule is CCCCc1ccc(NC(=O)NCc2cccc(F)c2)cc1. The van der Waals surface area contributed by atoms with Gasteiger partial charge in [0.05, 0.1) is 0 Å². The smallest absolute Gasteiger partial charge is 0.319 e. The van der Waals surface area contributed by atoms with E-state index in [1.165, 1.54) is 30.5 Å². The predicted molar refractivity (Wildman–Crippen MR) is 87.3 cm³/mol. The first-order valence-electron chi connectivity index (χ1n) is 7.55. The van der Waals surface area contributed by atoms with Crippen LogP contribution in [0.2, 0.25) is 0 Å². The summed E-state index contributed by atoms with van der Waals surface area (Å²) in [6, 6.07) is 13.7. The van der Waals surface area contributed by atoms with Gasteiger partial charge >= 0.3 is 6.03 Å². The summed E-state index contributed by atoms with van der Waals surface area (Å²) in [5, 5.41) is 5.47. The van der Waals surface area contributed by atoms with E-state index >= 15 is 0 Å². The molecule has 4 heteroatoms. The number of anilines is 1. The lowest BCUT2D eigenvalue weighted by Crippen LogP contribution is -2.28. The number of amides is 2. The molecule has 0 heterocycles. The molecule has 0 saturated heterocycles. The molecule has 2 aromatic rings. The number of nitrogens with one attached hydrogen (secondary N) is 2. The van der Waals surface area contributed by atoms with E-state index in [1.807, 2.05) is 24.3 Å². The molecule has 2 aromatic carbocycles. The molecule has 0 unspecified atom stereocenters. The second-order valence-electron chi connectivity index (χ2n) is 5.24. The third-order valence-corrected chi connectivity index (χ3v) is 3.37. The van der Waals surface area contributed by atoms with E-state index in [0.29, 0.717) is 0 Å². The van der Waals surface area contributed by atoms with Crippen LogP contribution >= 0.6 is 0 Å². The molecule has 0 aromatic heterocycles. The van der Waals surface area contributed by atoms with Crippen LogP contribution in [-0.4, -0.2) is 6.03 Å². The first-order chi connectivity index (χ1) is 10.7. The summed E-state index contributed by atoms with van der Waals surface area (Å²) in [5.74, 6) is -0.303. The number of hydrogen-bond acceptors (Lipinski definition) is 1. The van der Waals surface area contributed by atoms with Crippen LogP contribution < -0.4 is 10.6 Å². The van der Waals surface area contributed by atoms with Crippen molar-refractivity contribution in [3.63, 3.8) is 0 Å². The number of halogens is 1. The van der Waals surface area contributed by atoms with Crippen molar-refractivity contribution in [1.82, 2.24) is 5.32 Å². The molecule has 0 spiro atoms. The van der Waals surface area contributed by atoms with Crippen molar-refractivity contribution in [1.29, 1.82) is 0 Å². The highest BCUT2D eigenvalue weighted by molar-refractivity contribution is 5.89. The second-order valence-corrected chi connectivity index (χ2v) is 5.24. The molecule has 0 radical (unpaired) electrons.